The van der Waals surface area contributed by atoms with Crippen LogP contribution in [0, 0.1) is 0 Å². The van der Waals surface area contributed by atoms with Crippen LogP contribution in [0.3, 0.4) is 0 Å². The highest BCUT2D eigenvalue weighted by atomic mass is 19.4. The van der Waals surface area contributed by atoms with E-state index in [9.17, 15) is 13.2 Å². The van der Waals surface area contributed by atoms with Gasteiger partial charge in [0.1, 0.15) is 11.5 Å². The Morgan fingerprint density at radius 3 is 1.10 bits per heavy atom. The van der Waals surface area contributed by atoms with Crippen molar-refractivity contribution in [1.82, 2.24) is 0 Å². The van der Waals surface area contributed by atoms with Gasteiger partial charge in [-0.25, -0.2) is 0 Å². The van der Waals surface area contributed by atoms with Crippen LogP contribution in [0.2, 0.25) is 0 Å². The molecule has 0 spiro atoms. The van der Waals surface area contributed by atoms with Crippen LogP contribution in [0.1, 0.15) is 33.3 Å². The summed E-state index contributed by atoms with van der Waals surface area (Å²) in [5, 5.41) is 0. The molecule has 0 heterocycles. The van der Waals surface area contributed by atoms with Gasteiger partial charge < -0.3 is 14.4 Å². The minimum atomic E-state index is -4.30. The SMILES string of the molecule is CC(C)Oc1ccc(-c2ccc(C(F)(F)F)cc2)cc1.CC(C)Oc1ccc(-c2ccc(N(C)C)cc2)cc1. The first-order chi connectivity index (χ1) is 18.4. The van der Waals surface area contributed by atoms with E-state index in [2.05, 4.69) is 41.3 Å². The first-order valence-corrected chi connectivity index (χ1v) is 12.9. The number of alkyl halides is 3. The first kappa shape index (κ1) is 29.6. The third-order valence-corrected chi connectivity index (χ3v) is 5.71. The lowest BCUT2D eigenvalue weighted by Gasteiger charge is -2.13. The number of hydrogen-bond donors (Lipinski definition) is 0. The fourth-order valence-corrected chi connectivity index (χ4v) is 3.80. The molecule has 6 heteroatoms. The highest BCUT2D eigenvalue weighted by Crippen LogP contribution is 2.31. The molecular formula is C33H36F3NO2. The molecule has 0 fully saturated rings. The average molecular weight is 536 g/mol. The van der Waals surface area contributed by atoms with Gasteiger partial charge in [-0.05, 0) is 98.5 Å². The summed E-state index contributed by atoms with van der Waals surface area (Å²) in [7, 11) is 4.10. The normalized spacial score (nSPS) is 11.2. The quantitative estimate of drug-likeness (QED) is 0.235. The van der Waals surface area contributed by atoms with E-state index in [4.69, 9.17) is 9.47 Å². The van der Waals surface area contributed by atoms with Crippen LogP contribution in [0.15, 0.2) is 97.1 Å². The van der Waals surface area contributed by atoms with E-state index < -0.39 is 11.7 Å². The molecule has 3 nitrogen and oxygen atoms in total. The van der Waals surface area contributed by atoms with Crippen molar-refractivity contribution in [2.75, 3.05) is 19.0 Å². The Morgan fingerprint density at radius 2 is 0.821 bits per heavy atom. The fraction of sp³-hybridized carbons (Fsp3) is 0.273. The summed E-state index contributed by atoms with van der Waals surface area (Å²) in [6.07, 6.45) is -4.00. The van der Waals surface area contributed by atoms with Crippen LogP contribution in [0.25, 0.3) is 22.3 Å². The van der Waals surface area contributed by atoms with Crippen LogP contribution in [0.4, 0.5) is 18.9 Å². The fourth-order valence-electron chi connectivity index (χ4n) is 3.80. The van der Waals surface area contributed by atoms with Gasteiger partial charge in [0.15, 0.2) is 0 Å². The minimum Gasteiger partial charge on any atom is -0.491 e. The van der Waals surface area contributed by atoms with Crippen molar-refractivity contribution in [3.63, 3.8) is 0 Å². The van der Waals surface area contributed by atoms with Gasteiger partial charge in [-0.2, -0.15) is 13.2 Å². The Kier molecular flexibility index (Phi) is 10.0. The average Bonchev–Trinajstić information content (AvgIpc) is 2.89. The minimum absolute atomic E-state index is 0.0897. The van der Waals surface area contributed by atoms with Gasteiger partial charge in [0.05, 0.1) is 17.8 Å². The number of benzene rings is 4. The van der Waals surface area contributed by atoms with Crippen molar-refractivity contribution in [2.45, 2.75) is 46.1 Å². The van der Waals surface area contributed by atoms with E-state index >= 15 is 0 Å². The van der Waals surface area contributed by atoms with Crippen LogP contribution >= 0.6 is 0 Å². The number of nitrogens with zero attached hydrogens (tertiary/aromatic N) is 1. The van der Waals surface area contributed by atoms with Crippen LogP contribution < -0.4 is 14.4 Å². The molecule has 39 heavy (non-hydrogen) atoms. The molecule has 0 amide bonds. The Morgan fingerprint density at radius 1 is 0.513 bits per heavy atom. The highest BCUT2D eigenvalue weighted by Gasteiger charge is 2.29. The largest absolute Gasteiger partial charge is 0.491 e. The molecule has 0 saturated carbocycles. The van der Waals surface area contributed by atoms with Crippen molar-refractivity contribution in [3.05, 3.63) is 103 Å². The molecule has 4 rings (SSSR count). The van der Waals surface area contributed by atoms with E-state index in [1.807, 2.05) is 78.2 Å². The molecule has 4 aromatic rings. The van der Waals surface area contributed by atoms with Crippen LogP contribution in [-0.4, -0.2) is 26.3 Å². The maximum atomic E-state index is 12.5. The standard InChI is InChI=1S/C17H21NO.C16H15F3O/c1-13(2)19-17-11-7-15(8-12-17)14-5-9-16(10-6-14)18(3)4;1-11(2)20-15-9-5-13(6-10-15)12-3-7-14(8-4-12)16(17,18)19/h5-13H,1-4H3;3-11H,1-2H3. The Hall–Kier alpha value is -3.93. The van der Waals surface area contributed by atoms with Gasteiger partial charge >= 0.3 is 6.18 Å². The third kappa shape index (κ3) is 9.10. The van der Waals surface area contributed by atoms with Gasteiger partial charge in [-0.15, -0.1) is 0 Å². The molecule has 0 unspecified atom stereocenters. The molecule has 0 atom stereocenters. The molecule has 0 aliphatic carbocycles. The molecule has 0 aromatic heterocycles. The van der Waals surface area contributed by atoms with Gasteiger partial charge in [-0.1, -0.05) is 48.5 Å². The first-order valence-electron chi connectivity index (χ1n) is 12.9. The van der Waals surface area contributed by atoms with Crippen molar-refractivity contribution in [3.8, 4) is 33.8 Å². The number of rotatable bonds is 7. The molecule has 0 radical (unpaired) electrons. The summed E-state index contributed by atoms with van der Waals surface area (Å²) in [5.41, 5.74) is 4.61. The second kappa shape index (κ2) is 13.2. The lowest BCUT2D eigenvalue weighted by atomic mass is 10.0. The number of anilines is 1. The monoisotopic (exact) mass is 535 g/mol. The molecule has 0 saturated heterocycles. The molecular weight excluding hydrogens is 499 g/mol. The number of halogens is 3. The van der Waals surface area contributed by atoms with Crippen molar-refractivity contribution >= 4 is 5.69 Å². The zero-order valence-electron chi connectivity index (χ0n) is 23.3. The second-order valence-electron chi connectivity index (χ2n) is 9.90. The molecule has 206 valence electrons. The lowest BCUT2D eigenvalue weighted by Crippen LogP contribution is -2.07. The summed E-state index contributed by atoms with van der Waals surface area (Å²) in [5.74, 6) is 1.67. The van der Waals surface area contributed by atoms with Crippen molar-refractivity contribution < 1.29 is 22.6 Å². The van der Waals surface area contributed by atoms with Crippen molar-refractivity contribution in [2.24, 2.45) is 0 Å². The molecule has 0 bridgehead atoms. The molecule has 0 aliphatic heterocycles. The summed E-state index contributed by atoms with van der Waals surface area (Å²) >= 11 is 0. The van der Waals surface area contributed by atoms with Crippen LogP contribution in [-0.2, 0) is 6.18 Å². The summed E-state index contributed by atoms with van der Waals surface area (Å²) < 4.78 is 48.6. The number of hydrogen-bond acceptors (Lipinski definition) is 3. The smallest absolute Gasteiger partial charge is 0.416 e. The van der Waals surface area contributed by atoms with Crippen LogP contribution in [0.5, 0.6) is 11.5 Å². The third-order valence-electron chi connectivity index (χ3n) is 5.71. The van der Waals surface area contributed by atoms with Gasteiger partial charge in [0, 0.05) is 19.8 Å². The topological polar surface area (TPSA) is 21.7 Å². The second-order valence-corrected chi connectivity index (χ2v) is 9.90. The van der Waals surface area contributed by atoms with Gasteiger partial charge in [0.25, 0.3) is 0 Å². The summed E-state index contributed by atoms with van der Waals surface area (Å²) in [6, 6.07) is 29.2. The zero-order valence-corrected chi connectivity index (χ0v) is 23.3. The van der Waals surface area contributed by atoms with E-state index in [1.165, 1.54) is 28.9 Å². The highest BCUT2D eigenvalue weighted by molar-refractivity contribution is 5.67. The van der Waals surface area contributed by atoms with Gasteiger partial charge in [-0.3, -0.25) is 0 Å². The number of ether oxygens (including phenoxy) is 2. The molecule has 0 N–H and O–H groups in total. The maximum Gasteiger partial charge on any atom is 0.416 e. The van der Waals surface area contributed by atoms with E-state index in [-0.39, 0.29) is 12.2 Å². The Balaban J connectivity index is 0.000000216. The van der Waals surface area contributed by atoms with Crippen molar-refractivity contribution in [1.29, 1.82) is 0 Å². The predicted octanol–water partition coefficient (Wildman–Crippen LogP) is 9.37. The Labute approximate surface area is 229 Å². The lowest BCUT2D eigenvalue weighted by molar-refractivity contribution is -0.137. The predicted molar refractivity (Wildman–Crippen MR) is 155 cm³/mol. The molecule has 4 aromatic carbocycles. The van der Waals surface area contributed by atoms with Gasteiger partial charge in [0.2, 0.25) is 0 Å². The Bertz CT molecular complexity index is 1280. The van der Waals surface area contributed by atoms with E-state index in [1.54, 1.807) is 0 Å². The van der Waals surface area contributed by atoms with E-state index in [0.29, 0.717) is 0 Å². The summed E-state index contributed by atoms with van der Waals surface area (Å²) in [6.45, 7) is 7.94. The maximum absolute atomic E-state index is 12.5. The summed E-state index contributed by atoms with van der Waals surface area (Å²) in [4.78, 5) is 2.10. The van der Waals surface area contributed by atoms with E-state index in [0.717, 1.165) is 34.8 Å². The molecule has 0 aliphatic rings. The zero-order chi connectivity index (χ0) is 28.6.